The fourth-order valence-electron chi connectivity index (χ4n) is 2.20. The molecule has 3 rings (SSSR count). The summed E-state index contributed by atoms with van der Waals surface area (Å²) in [6.07, 6.45) is 1.68. The van der Waals surface area contributed by atoms with Gasteiger partial charge in [0.15, 0.2) is 0 Å². The summed E-state index contributed by atoms with van der Waals surface area (Å²) >= 11 is 2.51. The van der Waals surface area contributed by atoms with Crippen LogP contribution in [0, 0.1) is 17.0 Å². The molecule has 23 heavy (non-hydrogen) atoms. The van der Waals surface area contributed by atoms with Gasteiger partial charge in [-0.2, -0.15) is 0 Å². The van der Waals surface area contributed by atoms with Crippen molar-refractivity contribution in [3.63, 3.8) is 0 Å². The van der Waals surface area contributed by atoms with Crippen molar-refractivity contribution in [1.82, 2.24) is 4.98 Å². The molecule has 2 aromatic heterocycles. The number of benzene rings is 1. The number of hydrogen-bond donors (Lipinski definition) is 1. The SMILES string of the molecule is Cc1cc2nccc(Sc3ccc([N+](=O)[O-])s3)c2cc1C(N)=O. The first-order valence-corrected chi connectivity index (χ1v) is 8.20. The first kappa shape index (κ1) is 15.4. The largest absolute Gasteiger partial charge is 0.366 e. The van der Waals surface area contributed by atoms with Gasteiger partial charge in [0.05, 0.1) is 14.6 Å². The van der Waals surface area contributed by atoms with Gasteiger partial charge >= 0.3 is 5.00 Å². The lowest BCUT2D eigenvalue weighted by Gasteiger charge is -2.08. The van der Waals surface area contributed by atoms with Gasteiger partial charge in [0.25, 0.3) is 0 Å². The second kappa shape index (κ2) is 5.98. The number of aryl methyl sites for hydroxylation is 1. The minimum Gasteiger partial charge on any atom is -0.366 e. The zero-order valence-corrected chi connectivity index (χ0v) is 13.6. The van der Waals surface area contributed by atoms with Gasteiger partial charge in [-0.05, 0) is 36.8 Å². The Morgan fingerprint density at radius 3 is 2.78 bits per heavy atom. The number of nitrogens with two attached hydrogens (primary N) is 1. The lowest BCUT2D eigenvalue weighted by atomic mass is 10.0. The third kappa shape index (κ3) is 3.03. The Bertz CT molecular complexity index is 937. The van der Waals surface area contributed by atoms with Crippen molar-refractivity contribution in [3.8, 4) is 0 Å². The molecule has 0 saturated carbocycles. The maximum atomic E-state index is 11.5. The number of pyridine rings is 1. The van der Waals surface area contributed by atoms with Gasteiger partial charge in [-0.15, -0.1) is 0 Å². The van der Waals surface area contributed by atoms with Crippen LogP contribution in [0.4, 0.5) is 5.00 Å². The minimum atomic E-state index is -0.490. The van der Waals surface area contributed by atoms with E-state index in [4.69, 9.17) is 5.73 Å². The summed E-state index contributed by atoms with van der Waals surface area (Å²) in [5.74, 6) is -0.490. The highest BCUT2D eigenvalue weighted by Gasteiger charge is 2.14. The Hall–Kier alpha value is -2.45. The number of nitrogens with zero attached hydrogens (tertiary/aromatic N) is 2. The summed E-state index contributed by atoms with van der Waals surface area (Å²) in [6, 6.07) is 8.55. The number of fused-ring (bicyclic) bond motifs is 1. The van der Waals surface area contributed by atoms with Gasteiger partial charge < -0.3 is 5.73 Å². The highest BCUT2D eigenvalue weighted by molar-refractivity contribution is 8.01. The second-order valence-corrected chi connectivity index (χ2v) is 7.21. The zero-order valence-electron chi connectivity index (χ0n) is 12.0. The van der Waals surface area contributed by atoms with Crippen LogP contribution >= 0.6 is 23.1 Å². The van der Waals surface area contributed by atoms with Crippen LogP contribution in [0.15, 0.2) is 45.6 Å². The van der Waals surface area contributed by atoms with E-state index in [-0.39, 0.29) is 5.00 Å². The van der Waals surface area contributed by atoms with Crippen molar-refractivity contribution in [2.45, 2.75) is 16.0 Å². The number of carbonyl (C=O) groups excluding carboxylic acids is 1. The Morgan fingerprint density at radius 2 is 2.13 bits per heavy atom. The van der Waals surface area contributed by atoms with Crippen molar-refractivity contribution in [2.75, 3.05) is 0 Å². The standard InChI is InChI=1S/C15H11N3O3S2/c1-8-6-11-10(7-9(8)15(16)19)12(4-5-17-11)22-14-3-2-13(23-14)18(20)21/h2-7H,1H3,(H2,16,19). The average molecular weight is 345 g/mol. The van der Waals surface area contributed by atoms with E-state index in [0.29, 0.717) is 5.56 Å². The highest BCUT2D eigenvalue weighted by atomic mass is 32.2. The molecule has 0 aliphatic rings. The van der Waals surface area contributed by atoms with Crippen molar-refractivity contribution < 1.29 is 9.72 Å². The molecule has 0 spiro atoms. The average Bonchev–Trinajstić information content (AvgIpc) is 2.95. The molecule has 6 nitrogen and oxygen atoms in total. The molecule has 2 N–H and O–H groups in total. The van der Waals surface area contributed by atoms with Crippen molar-refractivity contribution in [3.05, 3.63) is 57.8 Å². The number of nitro groups is 1. The van der Waals surface area contributed by atoms with Gasteiger partial charge in [-0.25, -0.2) is 0 Å². The zero-order chi connectivity index (χ0) is 16.6. The molecule has 3 aromatic rings. The predicted octanol–water partition coefficient (Wildman–Crippen LogP) is 3.76. The summed E-state index contributed by atoms with van der Waals surface area (Å²) in [4.78, 5) is 27.1. The van der Waals surface area contributed by atoms with Gasteiger partial charge in [-0.1, -0.05) is 23.1 Å². The van der Waals surface area contributed by atoms with Crippen LogP contribution in [-0.4, -0.2) is 15.8 Å². The van der Waals surface area contributed by atoms with Gasteiger partial charge in [0.1, 0.15) is 0 Å². The van der Waals surface area contributed by atoms with Crippen LogP contribution in [0.25, 0.3) is 10.9 Å². The van der Waals surface area contributed by atoms with E-state index in [2.05, 4.69) is 4.98 Å². The molecular formula is C15H11N3O3S2. The first-order chi connectivity index (χ1) is 11.0. The quantitative estimate of drug-likeness (QED) is 0.573. The number of rotatable bonds is 4. The summed E-state index contributed by atoms with van der Waals surface area (Å²) in [7, 11) is 0. The first-order valence-electron chi connectivity index (χ1n) is 6.57. The lowest BCUT2D eigenvalue weighted by molar-refractivity contribution is -0.380. The maximum Gasteiger partial charge on any atom is 0.325 e. The number of amides is 1. The number of carbonyl (C=O) groups is 1. The van der Waals surface area contributed by atoms with E-state index < -0.39 is 10.8 Å². The Labute approximate surface area is 139 Å². The summed E-state index contributed by atoms with van der Waals surface area (Å²) in [5.41, 5.74) is 7.38. The van der Waals surface area contributed by atoms with E-state index >= 15 is 0 Å². The van der Waals surface area contributed by atoms with Gasteiger partial charge in [0.2, 0.25) is 5.91 Å². The number of aromatic nitrogens is 1. The molecule has 0 saturated heterocycles. The fourth-order valence-corrected chi connectivity index (χ4v) is 4.20. The summed E-state index contributed by atoms with van der Waals surface area (Å²) in [6.45, 7) is 1.81. The highest BCUT2D eigenvalue weighted by Crippen LogP contribution is 2.39. The molecule has 0 bridgehead atoms. The number of hydrogen-bond acceptors (Lipinski definition) is 6. The van der Waals surface area contributed by atoms with Crippen LogP contribution in [0.3, 0.4) is 0 Å². The minimum absolute atomic E-state index is 0.0968. The molecular weight excluding hydrogens is 334 g/mol. The van der Waals surface area contributed by atoms with E-state index in [1.807, 2.05) is 19.1 Å². The van der Waals surface area contributed by atoms with E-state index in [0.717, 1.165) is 36.9 Å². The third-order valence-corrected chi connectivity index (χ3v) is 5.52. The molecule has 0 radical (unpaired) electrons. The molecule has 116 valence electrons. The van der Waals surface area contributed by atoms with Crippen LogP contribution in [0.1, 0.15) is 15.9 Å². The Balaban J connectivity index is 2.07. The van der Waals surface area contributed by atoms with Crippen molar-refractivity contribution in [1.29, 1.82) is 0 Å². The molecule has 0 fully saturated rings. The third-order valence-electron chi connectivity index (χ3n) is 3.27. The number of thiophene rings is 1. The van der Waals surface area contributed by atoms with E-state index in [1.165, 1.54) is 17.8 Å². The van der Waals surface area contributed by atoms with Crippen molar-refractivity contribution in [2.24, 2.45) is 5.73 Å². The Kier molecular flexibility index (Phi) is 4.01. The molecule has 0 atom stereocenters. The van der Waals surface area contributed by atoms with E-state index in [1.54, 1.807) is 18.3 Å². The predicted molar refractivity (Wildman–Crippen MR) is 90.1 cm³/mol. The van der Waals surface area contributed by atoms with Crippen molar-refractivity contribution >= 4 is 44.9 Å². The molecule has 0 aliphatic carbocycles. The van der Waals surface area contributed by atoms with Gasteiger partial charge in [0, 0.05) is 28.1 Å². The molecule has 0 aliphatic heterocycles. The summed E-state index contributed by atoms with van der Waals surface area (Å²) in [5, 5.41) is 11.7. The molecule has 2 heterocycles. The smallest absolute Gasteiger partial charge is 0.325 e. The monoisotopic (exact) mass is 345 g/mol. The van der Waals surface area contributed by atoms with E-state index in [9.17, 15) is 14.9 Å². The summed E-state index contributed by atoms with van der Waals surface area (Å²) < 4.78 is 0.797. The second-order valence-electron chi connectivity index (χ2n) is 4.81. The van der Waals surface area contributed by atoms with Crippen LogP contribution in [0.2, 0.25) is 0 Å². The lowest BCUT2D eigenvalue weighted by Crippen LogP contribution is -2.12. The maximum absolute atomic E-state index is 11.5. The Morgan fingerprint density at radius 1 is 1.35 bits per heavy atom. The van der Waals surface area contributed by atoms with Gasteiger partial charge in [-0.3, -0.25) is 19.9 Å². The topological polar surface area (TPSA) is 99.1 Å². The molecule has 1 aromatic carbocycles. The molecule has 1 amide bonds. The normalized spacial score (nSPS) is 10.8. The molecule has 8 heteroatoms. The molecule has 0 unspecified atom stereocenters. The fraction of sp³-hybridized carbons (Fsp3) is 0.0667. The van der Waals surface area contributed by atoms with Crippen LogP contribution in [0.5, 0.6) is 0 Å². The number of primary amides is 1. The van der Waals surface area contributed by atoms with Crippen LogP contribution < -0.4 is 5.73 Å². The van der Waals surface area contributed by atoms with Crippen LogP contribution in [-0.2, 0) is 0 Å².